The van der Waals surface area contributed by atoms with Gasteiger partial charge in [0.2, 0.25) is 5.13 Å². The number of esters is 1. The molecule has 1 aromatic heterocycles. The van der Waals surface area contributed by atoms with E-state index in [1.54, 1.807) is 6.92 Å². The number of hydrogen-bond acceptors (Lipinski definition) is 8. The molecule has 0 unspecified atom stereocenters. The monoisotopic (exact) mass is 524 g/mol. The fraction of sp³-hybridized carbons (Fsp3) is 0.143. The molecule has 180 valence electrons. The van der Waals surface area contributed by atoms with Gasteiger partial charge in [-0.1, -0.05) is 22.9 Å². The molecule has 0 atom stereocenters. The van der Waals surface area contributed by atoms with E-state index in [-0.39, 0.29) is 32.5 Å². The number of aromatic nitrogens is 2. The number of benzene rings is 2. The number of hydrogen-bond donors (Lipinski definition) is 1. The molecule has 14 heteroatoms. The highest BCUT2D eigenvalue weighted by Crippen LogP contribution is 2.34. The second kappa shape index (κ2) is 9.07. The lowest BCUT2D eigenvalue weighted by Crippen LogP contribution is -2.29. The van der Waals surface area contributed by atoms with E-state index in [4.69, 9.17) is 16.3 Å². The van der Waals surface area contributed by atoms with Gasteiger partial charge in [-0.15, -0.1) is 10.2 Å². The second-order valence-corrected chi connectivity index (χ2v) is 8.69. The van der Waals surface area contributed by atoms with Gasteiger partial charge in [-0.05, 0) is 43.3 Å². The molecule has 1 aliphatic rings. The molecule has 3 aromatic rings. The molecular weight excluding hydrogens is 513 g/mol. The van der Waals surface area contributed by atoms with Gasteiger partial charge in [0.05, 0.1) is 33.0 Å². The summed E-state index contributed by atoms with van der Waals surface area (Å²) in [5.74, 6) is -3.26. The van der Waals surface area contributed by atoms with Gasteiger partial charge in [-0.3, -0.25) is 14.4 Å². The molecule has 1 aliphatic heterocycles. The van der Waals surface area contributed by atoms with Crippen LogP contribution in [-0.4, -0.2) is 40.5 Å². The largest absolute Gasteiger partial charge is 0.452 e. The molecule has 35 heavy (non-hydrogen) atoms. The molecule has 0 saturated heterocycles. The summed E-state index contributed by atoms with van der Waals surface area (Å²) >= 11 is 6.87. The van der Waals surface area contributed by atoms with Crippen LogP contribution in [0.5, 0.6) is 0 Å². The van der Waals surface area contributed by atoms with Gasteiger partial charge in [0.1, 0.15) is 5.01 Å². The standard InChI is InChI=1S/C21H12ClF3N4O5S/c1-9-27-28-20(35-9)29-17(31)12-4-2-10(6-13(12)18(29)32)19(33)34-8-16(30)26-15-7-11(21(23,24)25)3-5-14(15)22/h2-7H,8H2,1H3,(H,26,30). The predicted molar refractivity (Wildman–Crippen MR) is 118 cm³/mol. The lowest BCUT2D eigenvalue weighted by molar-refractivity contribution is -0.137. The first-order chi connectivity index (χ1) is 16.5. The SMILES string of the molecule is Cc1nnc(N2C(=O)c3ccc(C(=O)OCC(=O)Nc4cc(C(F)(F)F)ccc4Cl)cc3C2=O)s1. The molecular formula is C21H12ClF3N4O5S. The van der Waals surface area contributed by atoms with Crippen molar-refractivity contribution < 1.29 is 37.1 Å². The van der Waals surface area contributed by atoms with Crippen LogP contribution < -0.4 is 10.2 Å². The van der Waals surface area contributed by atoms with Crippen molar-refractivity contribution in [1.82, 2.24) is 10.2 Å². The fourth-order valence-corrected chi connectivity index (χ4v) is 3.97. The van der Waals surface area contributed by atoms with E-state index in [1.807, 2.05) is 0 Å². The summed E-state index contributed by atoms with van der Waals surface area (Å²) in [6.07, 6.45) is -4.65. The Labute approximate surface area is 203 Å². The zero-order chi connectivity index (χ0) is 25.5. The summed E-state index contributed by atoms with van der Waals surface area (Å²) in [6.45, 7) is 0.816. The van der Waals surface area contributed by atoms with Crippen LogP contribution in [0.4, 0.5) is 24.0 Å². The summed E-state index contributed by atoms with van der Waals surface area (Å²) in [5, 5.41) is 10.2. The van der Waals surface area contributed by atoms with Crippen molar-refractivity contribution in [1.29, 1.82) is 0 Å². The molecule has 3 amide bonds. The Kier molecular flexibility index (Phi) is 6.30. The van der Waals surface area contributed by atoms with E-state index in [0.717, 1.165) is 34.4 Å². The molecule has 9 nitrogen and oxygen atoms in total. The van der Waals surface area contributed by atoms with E-state index in [9.17, 15) is 32.3 Å². The summed E-state index contributed by atoms with van der Waals surface area (Å²) in [5.41, 5.74) is -1.46. The van der Waals surface area contributed by atoms with Crippen LogP contribution in [0.2, 0.25) is 5.02 Å². The molecule has 2 aromatic carbocycles. The summed E-state index contributed by atoms with van der Waals surface area (Å²) < 4.78 is 43.5. The summed E-state index contributed by atoms with van der Waals surface area (Å²) in [4.78, 5) is 50.7. The number of nitrogens with zero attached hydrogens (tertiary/aromatic N) is 3. The van der Waals surface area contributed by atoms with Gasteiger partial charge < -0.3 is 10.1 Å². The van der Waals surface area contributed by atoms with Crippen molar-refractivity contribution in [2.24, 2.45) is 0 Å². The zero-order valence-electron chi connectivity index (χ0n) is 17.5. The highest BCUT2D eigenvalue weighted by atomic mass is 35.5. The number of rotatable bonds is 5. The third-order valence-corrected chi connectivity index (χ3v) is 5.88. The van der Waals surface area contributed by atoms with Gasteiger partial charge in [0.25, 0.3) is 17.7 Å². The van der Waals surface area contributed by atoms with E-state index < -0.39 is 42.0 Å². The van der Waals surface area contributed by atoms with Gasteiger partial charge in [-0.25, -0.2) is 9.69 Å². The normalized spacial score (nSPS) is 13.1. The van der Waals surface area contributed by atoms with Gasteiger partial charge in [0, 0.05) is 0 Å². The topological polar surface area (TPSA) is 119 Å². The number of carbonyl (C=O) groups is 4. The van der Waals surface area contributed by atoms with Gasteiger partial charge in [-0.2, -0.15) is 13.2 Å². The van der Waals surface area contributed by atoms with E-state index in [0.29, 0.717) is 11.1 Å². The molecule has 2 heterocycles. The number of halogens is 4. The van der Waals surface area contributed by atoms with Crippen LogP contribution in [0, 0.1) is 6.92 Å². The third-order valence-electron chi connectivity index (χ3n) is 4.73. The zero-order valence-corrected chi connectivity index (χ0v) is 19.0. The molecule has 0 radical (unpaired) electrons. The minimum Gasteiger partial charge on any atom is -0.452 e. The maximum Gasteiger partial charge on any atom is 0.416 e. The summed E-state index contributed by atoms with van der Waals surface area (Å²) in [7, 11) is 0. The number of ether oxygens (including phenoxy) is 1. The minimum absolute atomic E-state index is 0.0522. The number of aryl methyl sites for hydroxylation is 1. The van der Waals surface area contributed by atoms with Gasteiger partial charge >= 0.3 is 12.1 Å². The molecule has 0 fully saturated rings. The molecule has 0 saturated carbocycles. The van der Waals surface area contributed by atoms with Crippen molar-refractivity contribution in [3.8, 4) is 0 Å². The number of amides is 3. The van der Waals surface area contributed by atoms with E-state index in [1.165, 1.54) is 12.1 Å². The van der Waals surface area contributed by atoms with E-state index in [2.05, 4.69) is 15.5 Å². The average Bonchev–Trinajstić information content (AvgIpc) is 3.33. The maximum absolute atomic E-state index is 12.9. The van der Waals surface area contributed by atoms with Crippen LogP contribution in [0.15, 0.2) is 36.4 Å². The van der Waals surface area contributed by atoms with Crippen LogP contribution in [-0.2, 0) is 15.7 Å². The van der Waals surface area contributed by atoms with Crippen LogP contribution >= 0.6 is 22.9 Å². The molecule has 0 aliphatic carbocycles. The van der Waals surface area contributed by atoms with Crippen molar-refractivity contribution in [2.45, 2.75) is 13.1 Å². The molecule has 4 rings (SSSR count). The smallest absolute Gasteiger partial charge is 0.416 e. The Bertz CT molecular complexity index is 1390. The number of nitrogens with one attached hydrogen (secondary N) is 1. The lowest BCUT2D eigenvalue weighted by atomic mass is 10.1. The van der Waals surface area contributed by atoms with Crippen molar-refractivity contribution in [2.75, 3.05) is 16.8 Å². The van der Waals surface area contributed by atoms with Crippen LogP contribution in [0.3, 0.4) is 0 Å². The quantitative estimate of drug-likeness (QED) is 0.394. The Morgan fingerprint density at radius 2 is 1.80 bits per heavy atom. The first-order valence-electron chi connectivity index (χ1n) is 9.62. The van der Waals surface area contributed by atoms with E-state index >= 15 is 0 Å². The molecule has 0 spiro atoms. The Morgan fingerprint density at radius 3 is 2.46 bits per heavy atom. The number of imide groups is 1. The highest BCUT2D eigenvalue weighted by molar-refractivity contribution is 7.15. The lowest BCUT2D eigenvalue weighted by Gasteiger charge is -2.12. The Morgan fingerprint density at radius 1 is 1.09 bits per heavy atom. The van der Waals surface area contributed by atoms with Crippen molar-refractivity contribution in [3.05, 3.63) is 68.7 Å². The Hall–Kier alpha value is -3.84. The number of carbonyl (C=O) groups excluding carboxylic acids is 4. The minimum atomic E-state index is -4.65. The first-order valence-corrected chi connectivity index (χ1v) is 10.8. The highest BCUT2D eigenvalue weighted by Gasteiger charge is 2.39. The van der Waals surface area contributed by atoms with Gasteiger partial charge in [0.15, 0.2) is 6.61 Å². The number of anilines is 2. The second-order valence-electron chi connectivity index (χ2n) is 7.13. The van der Waals surface area contributed by atoms with Crippen LogP contribution in [0.25, 0.3) is 0 Å². The predicted octanol–water partition coefficient (Wildman–Crippen LogP) is 4.11. The third kappa shape index (κ3) is 4.86. The Balaban J connectivity index is 1.43. The molecule has 0 bridgehead atoms. The van der Waals surface area contributed by atoms with Crippen molar-refractivity contribution >= 4 is 57.4 Å². The number of fused-ring (bicyclic) bond motifs is 1. The summed E-state index contributed by atoms with van der Waals surface area (Å²) in [6, 6.07) is 6.03. The first kappa shape index (κ1) is 24.3. The average molecular weight is 525 g/mol. The van der Waals surface area contributed by atoms with Crippen molar-refractivity contribution in [3.63, 3.8) is 0 Å². The molecule has 1 N–H and O–H groups in total. The number of alkyl halides is 3. The maximum atomic E-state index is 12.9. The van der Waals surface area contributed by atoms with Crippen LogP contribution in [0.1, 0.15) is 41.6 Å². The fourth-order valence-electron chi connectivity index (χ4n) is 3.12.